The van der Waals surface area contributed by atoms with Crippen LogP contribution in [0.4, 0.5) is 23.7 Å². The number of rotatable bonds is 4. The van der Waals surface area contributed by atoms with Crippen LogP contribution < -0.4 is 15.4 Å². The van der Waals surface area contributed by atoms with E-state index in [-0.39, 0.29) is 0 Å². The molecule has 2 N–H and O–H groups in total. The van der Waals surface area contributed by atoms with E-state index < -0.39 is 34.7 Å². The van der Waals surface area contributed by atoms with Crippen molar-refractivity contribution in [3.8, 4) is 5.75 Å². The smallest absolute Gasteiger partial charge is 0.320 e. The minimum Gasteiger partial charge on any atom is -0.497 e. The zero-order valence-electron chi connectivity index (χ0n) is 12.8. The molecule has 126 valence electrons. The second kappa shape index (κ2) is 6.07. The molecule has 1 aliphatic carbocycles. The van der Waals surface area contributed by atoms with E-state index in [1.807, 2.05) is 12.1 Å². The first kappa shape index (κ1) is 16.2. The van der Waals surface area contributed by atoms with E-state index in [1.165, 1.54) is 0 Å². The predicted octanol–water partition coefficient (Wildman–Crippen LogP) is 3.92. The quantitative estimate of drug-likeness (QED) is 0.832. The summed E-state index contributed by atoms with van der Waals surface area (Å²) >= 11 is 0. The first-order valence-corrected chi connectivity index (χ1v) is 7.32. The SMILES string of the molecule is COc1ccc(C2(NC(=O)Nc3ccc(F)c(F)c3F)CC2)cc1. The number of hydrogen-bond donors (Lipinski definition) is 2. The van der Waals surface area contributed by atoms with Gasteiger partial charge in [-0.3, -0.25) is 0 Å². The van der Waals surface area contributed by atoms with Crippen LogP contribution in [0.5, 0.6) is 5.75 Å². The molecule has 1 saturated carbocycles. The number of anilines is 1. The highest BCUT2D eigenvalue weighted by atomic mass is 19.2. The summed E-state index contributed by atoms with van der Waals surface area (Å²) in [5.74, 6) is -3.67. The van der Waals surface area contributed by atoms with Crippen molar-refractivity contribution < 1.29 is 22.7 Å². The van der Waals surface area contributed by atoms with Gasteiger partial charge in [-0.05, 0) is 42.7 Å². The lowest BCUT2D eigenvalue weighted by Gasteiger charge is -2.19. The molecule has 3 rings (SSSR count). The molecule has 1 aliphatic rings. The normalized spacial score (nSPS) is 14.8. The summed E-state index contributed by atoms with van der Waals surface area (Å²) in [5, 5.41) is 4.97. The summed E-state index contributed by atoms with van der Waals surface area (Å²) in [6.45, 7) is 0. The average molecular weight is 336 g/mol. The van der Waals surface area contributed by atoms with Crippen LogP contribution in [0.25, 0.3) is 0 Å². The third-order valence-electron chi connectivity index (χ3n) is 4.03. The molecular weight excluding hydrogens is 321 g/mol. The Bertz CT molecular complexity index is 774. The van der Waals surface area contributed by atoms with E-state index in [0.717, 1.165) is 30.5 Å². The van der Waals surface area contributed by atoms with Crippen LogP contribution in [0.3, 0.4) is 0 Å². The summed E-state index contributed by atoms with van der Waals surface area (Å²) in [6.07, 6.45) is 1.46. The Morgan fingerprint density at radius 1 is 1.04 bits per heavy atom. The number of methoxy groups -OCH3 is 1. The molecule has 24 heavy (non-hydrogen) atoms. The van der Waals surface area contributed by atoms with E-state index in [0.29, 0.717) is 5.75 Å². The Labute approximate surface area is 136 Å². The predicted molar refractivity (Wildman–Crippen MR) is 82.4 cm³/mol. The molecule has 0 atom stereocenters. The molecule has 0 radical (unpaired) electrons. The molecule has 2 amide bonds. The third-order valence-corrected chi connectivity index (χ3v) is 4.03. The number of ether oxygens (including phenoxy) is 1. The lowest BCUT2D eigenvalue weighted by atomic mass is 10.1. The Hall–Kier alpha value is -2.70. The third kappa shape index (κ3) is 3.02. The number of nitrogens with one attached hydrogen (secondary N) is 2. The van der Waals surface area contributed by atoms with Crippen molar-refractivity contribution >= 4 is 11.7 Å². The van der Waals surface area contributed by atoms with Gasteiger partial charge < -0.3 is 15.4 Å². The van der Waals surface area contributed by atoms with Gasteiger partial charge in [0.25, 0.3) is 0 Å². The van der Waals surface area contributed by atoms with Gasteiger partial charge in [-0.2, -0.15) is 0 Å². The fraction of sp³-hybridized carbons (Fsp3) is 0.235. The van der Waals surface area contributed by atoms with E-state index in [4.69, 9.17) is 4.74 Å². The molecule has 1 fully saturated rings. The van der Waals surface area contributed by atoms with Crippen molar-refractivity contribution in [1.29, 1.82) is 0 Å². The fourth-order valence-electron chi connectivity index (χ4n) is 2.51. The van der Waals surface area contributed by atoms with E-state index >= 15 is 0 Å². The van der Waals surface area contributed by atoms with Gasteiger partial charge in [0.1, 0.15) is 5.75 Å². The average Bonchev–Trinajstić information content (AvgIpc) is 3.36. The van der Waals surface area contributed by atoms with Gasteiger partial charge in [0.05, 0.1) is 18.3 Å². The second-order valence-electron chi connectivity index (χ2n) is 5.61. The minimum atomic E-state index is -1.62. The highest BCUT2D eigenvalue weighted by Crippen LogP contribution is 2.45. The Morgan fingerprint density at radius 3 is 2.29 bits per heavy atom. The van der Waals surface area contributed by atoms with Gasteiger partial charge in [-0.25, -0.2) is 18.0 Å². The van der Waals surface area contributed by atoms with Gasteiger partial charge >= 0.3 is 6.03 Å². The number of carbonyl (C=O) groups excluding carboxylic acids is 1. The molecule has 2 aromatic carbocycles. The van der Waals surface area contributed by atoms with Crippen molar-refractivity contribution in [2.45, 2.75) is 18.4 Å². The summed E-state index contributed by atoms with van der Waals surface area (Å²) in [6, 6.07) is 8.28. The molecule has 0 spiro atoms. The van der Waals surface area contributed by atoms with Gasteiger partial charge in [0.15, 0.2) is 17.5 Å². The lowest BCUT2D eigenvalue weighted by Crippen LogP contribution is -2.38. The lowest BCUT2D eigenvalue weighted by molar-refractivity contribution is 0.247. The number of benzene rings is 2. The first-order chi connectivity index (χ1) is 11.4. The topological polar surface area (TPSA) is 50.4 Å². The number of amides is 2. The van der Waals surface area contributed by atoms with Crippen LogP contribution in [0.15, 0.2) is 36.4 Å². The molecule has 0 heterocycles. The highest BCUT2D eigenvalue weighted by Gasteiger charge is 2.45. The summed E-state index contributed by atoms with van der Waals surface area (Å²) in [5.41, 5.74) is -0.0630. The maximum Gasteiger partial charge on any atom is 0.320 e. The first-order valence-electron chi connectivity index (χ1n) is 7.32. The number of hydrogen-bond acceptors (Lipinski definition) is 2. The Balaban J connectivity index is 1.71. The monoisotopic (exact) mass is 336 g/mol. The molecule has 0 aliphatic heterocycles. The van der Waals surface area contributed by atoms with Crippen molar-refractivity contribution in [2.75, 3.05) is 12.4 Å². The fourth-order valence-corrected chi connectivity index (χ4v) is 2.51. The summed E-state index contributed by atoms with van der Waals surface area (Å²) < 4.78 is 44.8. The maximum atomic E-state index is 13.6. The van der Waals surface area contributed by atoms with E-state index in [9.17, 15) is 18.0 Å². The van der Waals surface area contributed by atoms with Gasteiger partial charge in [-0.15, -0.1) is 0 Å². The van der Waals surface area contributed by atoms with Crippen molar-refractivity contribution in [2.24, 2.45) is 0 Å². The molecule has 0 saturated heterocycles. The number of urea groups is 1. The van der Waals surface area contributed by atoms with Gasteiger partial charge in [0, 0.05) is 0 Å². The Morgan fingerprint density at radius 2 is 1.71 bits per heavy atom. The van der Waals surface area contributed by atoms with E-state index in [2.05, 4.69) is 10.6 Å². The molecule has 0 bridgehead atoms. The largest absolute Gasteiger partial charge is 0.497 e. The maximum absolute atomic E-state index is 13.6. The zero-order chi connectivity index (χ0) is 17.3. The summed E-state index contributed by atoms with van der Waals surface area (Å²) in [7, 11) is 1.56. The molecule has 4 nitrogen and oxygen atoms in total. The van der Waals surface area contributed by atoms with Crippen LogP contribution in [-0.2, 0) is 5.54 Å². The minimum absolute atomic E-state index is 0.420. The van der Waals surface area contributed by atoms with Crippen molar-refractivity contribution in [3.63, 3.8) is 0 Å². The molecular formula is C17H15F3N2O2. The number of carbonyl (C=O) groups is 1. The number of halogens is 3. The van der Waals surface area contributed by atoms with Crippen LogP contribution in [0, 0.1) is 17.5 Å². The van der Waals surface area contributed by atoms with Crippen LogP contribution in [0.1, 0.15) is 18.4 Å². The van der Waals surface area contributed by atoms with Crippen LogP contribution in [-0.4, -0.2) is 13.1 Å². The standard InChI is InChI=1S/C17H15F3N2O2/c1-24-11-4-2-10(3-5-11)17(8-9-17)22-16(23)21-13-7-6-12(18)14(19)15(13)20/h2-7H,8-9H2,1H3,(H2,21,22,23). The van der Waals surface area contributed by atoms with Crippen molar-refractivity contribution in [1.82, 2.24) is 5.32 Å². The van der Waals surface area contributed by atoms with Gasteiger partial charge in [-0.1, -0.05) is 12.1 Å². The Kier molecular flexibility index (Phi) is 4.09. The molecule has 2 aromatic rings. The van der Waals surface area contributed by atoms with Crippen LogP contribution >= 0.6 is 0 Å². The van der Waals surface area contributed by atoms with Crippen LogP contribution in [0.2, 0.25) is 0 Å². The van der Waals surface area contributed by atoms with Crippen molar-refractivity contribution in [3.05, 3.63) is 59.4 Å². The second-order valence-corrected chi connectivity index (χ2v) is 5.61. The molecule has 0 unspecified atom stereocenters. The summed E-state index contributed by atoms with van der Waals surface area (Å²) in [4.78, 5) is 12.1. The van der Waals surface area contributed by atoms with Gasteiger partial charge in [0.2, 0.25) is 0 Å². The highest BCUT2D eigenvalue weighted by molar-refractivity contribution is 5.90. The molecule has 7 heteroatoms. The van der Waals surface area contributed by atoms with E-state index in [1.54, 1.807) is 19.2 Å². The zero-order valence-corrected chi connectivity index (χ0v) is 12.8. The molecule has 0 aromatic heterocycles.